The lowest BCUT2D eigenvalue weighted by molar-refractivity contribution is -0.124. The molecule has 0 fully saturated rings. The molecule has 2 aliphatic heterocycles. The second-order valence-corrected chi connectivity index (χ2v) is 6.23. The first-order valence-corrected chi connectivity index (χ1v) is 8.35. The Bertz CT molecular complexity index is 850. The second kappa shape index (κ2) is 6.12. The zero-order valence-corrected chi connectivity index (χ0v) is 13.8. The smallest absolute Gasteiger partial charge is 0.265 e. The third kappa shape index (κ3) is 2.69. The molecule has 25 heavy (non-hydrogen) atoms. The highest BCUT2D eigenvalue weighted by molar-refractivity contribution is 6.06. The Morgan fingerprint density at radius 1 is 1.12 bits per heavy atom. The fourth-order valence-corrected chi connectivity index (χ4v) is 3.46. The fourth-order valence-electron chi connectivity index (χ4n) is 3.46. The lowest BCUT2D eigenvalue weighted by atomic mass is 10.00. The summed E-state index contributed by atoms with van der Waals surface area (Å²) in [4.78, 5) is 28.5. The minimum atomic E-state index is -0.211. The molecule has 128 valence electrons. The van der Waals surface area contributed by atoms with Crippen LogP contribution in [0.5, 0.6) is 5.75 Å². The predicted octanol–water partition coefficient (Wildman–Crippen LogP) is 1.97. The van der Waals surface area contributed by atoms with E-state index in [9.17, 15) is 9.59 Å². The minimum Gasteiger partial charge on any atom is -0.482 e. The normalized spacial score (nSPS) is 16.1. The summed E-state index contributed by atoms with van der Waals surface area (Å²) in [5, 5.41) is 0. The highest BCUT2D eigenvalue weighted by Gasteiger charge is 2.30. The lowest BCUT2D eigenvalue weighted by Crippen LogP contribution is -2.47. The molecule has 6 nitrogen and oxygen atoms in total. The van der Waals surface area contributed by atoms with Crippen molar-refractivity contribution in [3.63, 3.8) is 0 Å². The Kier molecular flexibility index (Phi) is 3.80. The van der Waals surface area contributed by atoms with E-state index in [1.807, 2.05) is 30.3 Å². The fraction of sp³-hybridized carbons (Fsp3) is 0.263. The summed E-state index contributed by atoms with van der Waals surface area (Å²) < 4.78 is 5.43. The van der Waals surface area contributed by atoms with Crippen LogP contribution < -0.4 is 20.3 Å². The zero-order chi connectivity index (χ0) is 17.4. The minimum absolute atomic E-state index is 0.00650. The summed E-state index contributed by atoms with van der Waals surface area (Å²) in [7, 11) is 0. The van der Waals surface area contributed by atoms with Gasteiger partial charge in [0.25, 0.3) is 5.91 Å². The van der Waals surface area contributed by atoms with E-state index in [1.165, 1.54) is 4.90 Å². The van der Waals surface area contributed by atoms with Crippen molar-refractivity contribution in [3.8, 4) is 5.75 Å². The van der Waals surface area contributed by atoms with Crippen molar-refractivity contribution in [2.24, 2.45) is 0 Å². The van der Waals surface area contributed by atoms with Gasteiger partial charge in [-0.25, -0.2) is 0 Å². The average molecular weight is 337 g/mol. The molecule has 2 aromatic carbocycles. The molecule has 2 heterocycles. The first kappa shape index (κ1) is 15.5. The number of rotatable bonds is 2. The quantitative estimate of drug-likeness (QED) is 0.850. The number of anilines is 3. The molecule has 2 amide bonds. The van der Waals surface area contributed by atoms with Gasteiger partial charge in [-0.05, 0) is 42.7 Å². The van der Waals surface area contributed by atoms with Crippen LogP contribution in [0.25, 0.3) is 0 Å². The van der Waals surface area contributed by atoms with Gasteiger partial charge in [0, 0.05) is 17.9 Å². The van der Waals surface area contributed by atoms with Crippen LogP contribution in [-0.2, 0) is 16.0 Å². The van der Waals surface area contributed by atoms with E-state index in [4.69, 9.17) is 10.5 Å². The standard InChI is InChI=1S/C19H19N3O3/c20-14-6-3-8-15-13(14)5-4-10-21(15)18(23)11-22-16-7-1-2-9-17(16)25-12-19(22)24/h1-3,6-9H,4-5,10-12,20H2. The van der Waals surface area contributed by atoms with Crippen LogP contribution >= 0.6 is 0 Å². The number of nitrogen functional groups attached to an aromatic ring is 1. The monoisotopic (exact) mass is 337 g/mol. The number of carbonyl (C=O) groups excluding carboxylic acids is 2. The van der Waals surface area contributed by atoms with Gasteiger partial charge < -0.3 is 15.4 Å². The maximum atomic E-state index is 12.9. The largest absolute Gasteiger partial charge is 0.482 e. The van der Waals surface area contributed by atoms with Crippen molar-refractivity contribution in [1.82, 2.24) is 0 Å². The molecule has 0 spiro atoms. The first-order chi connectivity index (χ1) is 12.1. The number of para-hydroxylation sites is 2. The van der Waals surface area contributed by atoms with E-state index in [1.54, 1.807) is 17.0 Å². The highest BCUT2D eigenvalue weighted by atomic mass is 16.5. The van der Waals surface area contributed by atoms with Gasteiger partial charge in [-0.15, -0.1) is 0 Å². The van der Waals surface area contributed by atoms with Crippen LogP contribution in [0.4, 0.5) is 17.1 Å². The van der Waals surface area contributed by atoms with Crippen molar-refractivity contribution in [3.05, 3.63) is 48.0 Å². The number of nitrogens with two attached hydrogens (primary N) is 1. The molecule has 6 heteroatoms. The number of ether oxygens (including phenoxy) is 1. The summed E-state index contributed by atoms with van der Waals surface area (Å²) in [5.74, 6) is 0.298. The molecule has 0 atom stereocenters. The molecular formula is C19H19N3O3. The van der Waals surface area contributed by atoms with Crippen molar-refractivity contribution < 1.29 is 14.3 Å². The summed E-state index contributed by atoms with van der Waals surface area (Å²) in [6, 6.07) is 12.9. The molecule has 0 bridgehead atoms. The number of amides is 2. The van der Waals surface area contributed by atoms with Crippen molar-refractivity contribution >= 4 is 28.9 Å². The Balaban J connectivity index is 1.62. The first-order valence-electron chi connectivity index (χ1n) is 8.35. The summed E-state index contributed by atoms with van der Waals surface area (Å²) >= 11 is 0. The van der Waals surface area contributed by atoms with E-state index in [0.29, 0.717) is 23.7 Å². The van der Waals surface area contributed by atoms with Gasteiger partial charge in [0.2, 0.25) is 5.91 Å². The third-order valence-electron chi connectivity index (χ3n) is 4.69. The van der Waals surface area contributed by atoms with E-state index < -0.39 is 0 Å². The Morgan fingerprint density at radius 2 is 1.92 bits per heavy atom. The van der Waals surface area contributed by atoms with Gasteiger partial charge >= 0.3 is 0 Å². The molecule has 0 radical (unpaired) electrons. The van der Waals surface area contributed by atoms with E-state index in [2.05, 4.69) is 0 Å². The number of hydrogen-bond donors (Lipinski definition) is 1. The summed E-state index contributed by atoms with van der Waals surface area (Å²) in [6.45, 7) is 0.580. The molecule has 2 aromatic rings. The highest BCUT2D eigenvalue weighted by Crippen LogP contribution is 2.33. The lowest BCUT2D eigenvalue weighted by Gasteiger charge is -2.34. The molecule has 0 saturated heterocycles. The maximum absolute atomic E-state index is 12.9. The number of benzene rings is 2. The van der Waals surface area contributed by atoms with E-state index in [0.717, 1.165) is 24.1 Å². The average Bonchev–Trinajstić information content (AvgIpc) is 2.64. The van der Waals surface area contributed by atoms with Gasteiger partial charge in [-0.3, -0.25) is 14.5 Å². The molecular weight excluding hydrogens is 318 g/mol. The van der Waals surface area contributed by atoms with Gasteiger partial charge in [-0.2, -0.15) is 0 Å². The van der Waals surface area contributed by atoms with Gasteiger partial charge in [0.15, 0.2) is 6.61 Å². The number of carbonyl (C=O) groups is 2. The van der Waals surface area contributed by atoms with Crippen LogP contribution in [0.2, 0.25) is 0 Å². The van der Waals surface area contributed by atoms with Crippen LogP contribution in [0.15, 0.2) is 42.5 Å². The third-order valence-corrected chi connectivity index (χ3v) is 4.69. The second-order valence-electron chi connectivity index (χ2n) is 6.23. The topological polar surface area (TPSA) is 75.9 Å². The molecule has 0 saturated carbocycles. The molecule has 2 aliphatic rings. The van der Waals surface area contributed by atoms with Crippen molar-refractivity contribution in [2.45, 2.75) is 12.8 Å². The van der Waals surface area contributed by atoms with Crippen LogP contribution in [0.1, 0.15) is 12.0 Å². The Labute approximate surface area is 145 Å². The van der Waals surface area contributed by atoms with Crippen LogP contribution in [0, 0.1) is 0 Å². The van der Waals surface area contributed by atoms with E-state index >= 15 is 0 Å². The van der Waals surface area contributed by atoms with E-state index in [-0.39, 0.29) is 25.0 Å². The zero-order valence-electron chi connectivity index (χ0n) is 13.8. The Hall–Kier alpha value is -3.02. The molecule has 4 rings (SSSR count). The number of fused-ring (bicyclic) bond motifs is 2. The number of hydrogen-bond acceptors (Lipinski definition) is 4. The molecule has 0 unspecified atom stereocenters. The van der Waals surface area contributed by atoms with Gasteiger partial charge in [-0.1, -0.05) is 18.2 Å². The summed E-state index contributed by atoms with van der Waals surface area (Å²) in [5.41, 5.74) is 9.26. The molecule has 0 aliphatic carbocycles. The van der Waals surface area contributed by atoms with Crippen LogP contribution in [-0.4, -0.2) is 31.5 Å². The summed E-state index contributed by atoms with van der Waals surface area (Å²) in [6.07, 6.45) is 1.73. The van der Waals surface area contributed by atoms with Crippen molar-refractivity contribution in [2.75, 3.05) is 35.2 Å². The number of nitrogens with zero attached hydrogens (tertiary/aromatic N) is 2. The molecule has 0 aromatic heterocycles. The maximum Gasteiger partial charge on any atom is 0.265 e. The predicted molar refractivity (Wildman–Crippen MR) is 95.8 cm³/mol. The van der Waals surface area contributed by atoms with Gasteiger partial charge in [0.1, 0.15) is 12.3 Å². The van der Waals surface area contributed by atoms with Gasteiger partial charge in [0.05, 0.1) is 5.69 Å². The van der Waals surface area contributed by atoms with Crippen molar-refractivity contribution in [1.29, 1.82) is 0 Å². The SMILES string of the molecule is Nc1cccc2c1CCCN2C(=O)CN1C(=O)COc2ccccc21. The van der Waals surface area contributed by atoms with Crippen LogP contribution in [0.3, 0.4) is 0 Å². The Morgan fingerprint density at radius 3 is 2.80 bits per heavy atom. The molecule has 2 N–H and O–H groups in total.